The summed E-state index contributed by atoms with van der Waals surface area (Å²) in [5.74, 6) is -1.82. The Morgan fingerprint density at radius 1 is 1.32 bits per heavy atom. The minimum atomic E-state index is -1.32. The van der Waals surface area contributed by atoms with Crippen molar-refractivity contribution in [2.75, 3.05) is 13.7 Å². The number of aliphatic hydroxyl groups is 1. The second-order valence-corrected chi connectivity index (χ2v) is 7.90. The van der Waals surface area contributed by atoms with Crippen molar-refractivity contribution in [1.82, 2.24) is 4.98 Å². The van der Waals surface area contributed by atoms with E-state index in [-0.39, 0.29) is 28.5 Å². The SMILES string of the molecule is COc1cc2[nH]cc(C(=O)O)c(=O)c2cc1[C@@H](CO)C(C)CCc1cccc(Cl)c1F. The Morgan fingerprint density at radius 3 is 2.71 bits per heavy atom. The molecule has 1 aromatic heterocycles. The number of carbonyl (C=O) groups is 1. The number of hydrogen-bond donors (Lipinski definition) is 3. The zero-order valence-electron chi connectivity index (χ0n) is 17.1. The molecule has 0 radical (unpaired) electrons. The van der Waals surface area contributed by atoms with Gasteiger partial charge in [-0.25, -0.2) is 9.18 Å². The molecule has 6 nitrogen and oxygen atoms in total. The maximum absolute atomic E-state index is 14.2. The summed E-state index contributed by atoms with van der Waals surface area (Å²) >= 11 is 5.85. The van der Waals surface area contributed by atoms with Crippen LogP contribution >= 0.6 is 11.6 Å². The molecule has 0 bridgehead atoms. The lowest BCUT2D eigenvalue weighted by Gasteiger charge is -2.25. The number of methoxy groups -OCH3 is 1. The molecule has 31 heavy (non-hydrogen) atoms. The molecule has 0 aliphatic heterocycles. The number of aromatic nitrogens is 1. The van der Waals surface area contributed by atoms with Crippen LogP contribution in [0, 0.1) is 11.7 Å². The second kappa shape index (κ2) is 9.49. The van der Waals surface area contributed by atoms with E-state index >= 15 is 0 Å². The molecule has 1 heterocycles. The number of halogens is 2. The van der Waals surface area contributed by atoms with E-state index in [9.17, 15) is 24.2 Å². The summed E-state index contributed by atoms with van der Waals surface area (Å²) in [6, 6.07) is 8.03. The molecule has 0 saturated heterocycles. The van der Waals surface area contributed by atoms with Gasteiger partial charge in [-0.05, 0) is 36.5 Å². The van der Waals surface area contributed by atoms with Crippen molar-refractivity contribution in [1.29, 1.82) is 0 Å². The summed E-state index contributed by atoms with van der Waals surface area (Å²) in [5.41, 5.74) is 0.527. The van der Waals surface area contributed by atoms with E-state index in [1.807, 2.05) is 6.92 Å². The van der Waals surface area contributed by atoms with Gasteiger partial charge in [0.15, 0.2) is 0 Å². The number of pyridine rings is 1. The van der Waals surface area contributed by atoms with Crippen LogP contribution < -0.4 is 10.2 Å². The number of ether oxygens (including phenoxy) is 1. The predicted molar refractivity (Wildman–Crippen MR) is 117 cm³/mol. The number of nitrogens with one attached hydrogen (secondary N) is 1. The molecule has 0 fully saturated rings. The highest BCUT2D eigenvalue weighted by Gasteiger charge is 2.24. The molecule has 0 amide bonds. The predicted octanol–water partition coefficient (Wildman–Crippen LogP) is 4.37. The second-order valence-electron chi connectivity index (χ2n) is 7.49. The molecule has 1 unspecified atom stereocenters. The maximum Gasteiger partial charge on any atom is 0.341 e. The van der Waals surface area contributed by atoms with Gasteiger partial charge in [0.25, 0.3) is 0 Å². The number of carboxylic acid groups (broad SMARTS) is 1. The summed E-state index contributed by atoms with van der Waals surface area (Å²) in [7, 11) is 1.48. The number of fused-ring (bicyclic) bond motifs is 1. The maximum atomic E-state index is 14.2. The van der Waals surface area contributed by atoms with Crippen LogP contribution in [-0.4, -0.2) is 34.9 Å². The van der Waals surface area contributed by atoms with Gasteiger partial charge in [-0.1, -0.05) is 30.7 Å². The highest BCUT2D eigenvalue weighted by Crippen LogP contribution is 2.36. The molecule has 2 atom stereocenters. The van der Waals surface area contributed by atoms with Crippen molar-refractivity contribution in [3.8, 4) is 5.75 Å². The number of rotatable bonds is 8. The molecule has 8 heteroatoms. The Balaban J connectivity index is 1.98. The number of H-pyrrole nitrogens is 1. The standard InChI is InChI=1S/C23H23ClFNO5/c1-12(6-7-13-4-3-5-18(24)21(13)25)17(11-27)14-8-15-19(9-20(14)31-2)26-10-16(22(15)28)23(29)30/h3-5,8-10,12,17,27H,6-7,11H2,1-2H3,(H,26,28)(H,29,30)/t12?,17-/m0/s1. The van der Waals surface area contributed by atoms with Crippen LogP contribution in [0.1, 0.15) is 40.7 Å². The van der Waals surface area contributed by atoms with Crippen LogP contribution in [0.5, 0.6) is 5.75 Å². The molecule has 0 aliphatic carbocycles. The first-order valence-electron chi connectivity index (χ1n) is 9.78. The summed E-state index contributed by atoms with van der Waals surface area (Å²) in [6.07, 6.45) is 2.12. The largest absolute Gasteiger partial charge is 0.496 e. The minimum Gasteiger partial charge on any atom is -0.496 e. The Bertz CT molecular complexity index is 1180. The third-order valence-electron chi connectivity index (χ3n) is 5.65. The fourth-order valence-electron chi connectivity index (χ4n) is 3.80. The molecule has 3 aromatic rings. The highest BCUT2D eigenvalue weighted by atomic mass is 35.5. The van der Waals surface area contributed by atoms with E-state index < -0.39 is 23.1 Å². The Kier molecular flexibility index (Phi) is 6.97. The number of aromatic carboxylic acids is 1. The highest BCUT2D eigenvalue weighted by molar-refractivity contribution is 6.30. The van der Waals surface area contributed by atoms with Crippen molar-refractivity contribution >= 4 is 28.5 Å². The van der Waals surface area contributed by atoms with Crippen LogP contribution in [0.4, 0.5) is 4.39 Å². The first-order chi connectivity index (χ1) is 14.8. The fraction of sp³-hybridized carbons (Fsp3) is 0.304. The number of benzene rings is 2. The van der Waals surface area contributed by atoms with Crippen molar-refractivity contribution in [3.63, 3.8) is 0 Å². The van der Waals surface area contributed by atoms with Crippen LogP contribution in [0.2, 0.25) is 5.02 Å². The average Bonchev–Trinajstić information content (AvgIpc) is 2.75. The lowest BCUT2D eigenvalue weighted by molar-refractivity contribution is 0.0695. The van der Waals surface area contributed by atoms with Crippen molar-refractivity contribution in [2.45, 2.75) is 25.7 Å². The molecular weight excluding hydrogens is 425 g/mol. The van der Waals surface area contributed by atoms with Gasteiger partial charge >= 0.3 is 5.97 Å². The monoisotopic (exact) mass is 447 g/mol. The van der Waals surface area contributed by atoms with E-state index in [1.54, 1.807) is 24.3 Å². The first kappa shape index (κ1) is 22.8. The van der Waals surface area contributed by atoms with E-state index in [4.69, 9.17) is 16.3 Å². The third kappa shape index (κ3) is 4.57. The molecule has 3 N–H and O–H groups in total. The summed E-state index contributed by atoms with van der Waals surface area (Å²) in [5, 5.41) is 19.6. The number of carboxylic acids is 1. The molecule has 164 valence electrons. The number of aryl methyl sites for hydroxylation is 1. The van der Waals surface area contributed by atoms with E-state index in [2.05, 4.69) is 4.98 Å². The summed E-state index contributed by atoms with van der Waals surface area (Å²) < 4.78 is 19.7. The number of aromatic amines is 1. The summed E-state index contributed by atoms with van der Waals surface area (Å²) in [4.78, 5) is 26.8. The lowest BCUT2D eigenvalue weighted by Crippen LogP contribution is -2.19. The summed E-state index contributed by atoms with van der Waals surface area (Å²) in [6.45, 7) is 1.70. The van der Waals surface area contributed by atoms with E-state index in [0.29, 0.717) is 35.2 Å². The molecule has 3 rings (SSSR count). The minimum absolute atomic E-state index is 0.0634. The molecule has 0 spiro atoms. The normalized spacial score (nSPS) is 13.2. The van der Waals surface area contributed by atoms with Gasteiger partial charge in [0, 0.05) is 29.1 Å². The molecule has 0 aliphatic rings. The first-order valence-corrected chi connectivity index (χ1v) is 10.2. The lowest BCUT2D eigenvalue weighted by atomic mass is 9.83. The average molecular weight is 448 g/mol. The van der Waals surface area contributed by atoms with Crippen LogP contribution in [-0.2, 0) is 6.42 Å². The van der Waals surface area contributed by atoms with Crippen molar-refractivity contribution < 1.29 is 24.1 Å². The van der Waals surface area contributed by atoms with Gasteiger partial charge in [-0.3, -0.25) is 4.79 Å². The van der Waals surface area contributed by atoms with Gasteiger partial charge in [-0.2, -0.15) is 0 Å². The smallest absolute Gasteiger partial charge is 0.341 e. The van der Waals surface area contributed by atoms with Gasteiger partial charge in [0.05, 0.1) is 24.3 Å². The number of aliphatic hydroxyl groups excluding tert-OH is 1. The van der Waals surface area contributed by atoms with Crippen LogP contribution in [0.25, 0.3) is 10.9 Å². The Labute approximate surface area is 183 Å². The van der Waals surface area contributed by atoms with Gasteiger partial charge in [0.1, 0.15) is 17.1 Å². The topological polar surface area (TPSA) is 99.6 Å². The quantitative estimate of drug-likeness (QED) is 0.476. The van der Waals surface area contributed by atoms with Gasteiger partial charge in [-0.15, -0.1) is 0 Å². The number of hydrogen-bond acceptors (Lipinski definition) is 4. The fourth-order valence-corrected chi connectivity index (χ4v) is 3.99. The van der Waals surface area contributed by atoms with Gasteiger partial charge < -0.3 is 19.9 Å². The zero-order chi connectivity index (χ0) is 22.7. The van der Waals surface area contributed by atoms with E-state index in [0.717, 1.165) is 6.20 Å². The Hall–Kier alpha value is -2.90. The molecule has 0 saturated carbocycles. The van der Waals surface area contributed by atoms with Crippen molar-refractivity contribution in [3.05, 3.63) is 74.3 Å². The molecular formula is C23H23ClFNO5. The van der Waals surface area contributed by atoms with Crippen LogP contribution in [0.3, 0.4) is 0 Å². The Morgan fingerprint density at radius 2 is 2.06 bits per heavy atom. The zero-order valence-corrected chi connectivity index (χ0v) is 17.9. The third-order valence-corrected chi connectivity index (χ3v) is 5.94. The molecule has 2 aromatic carbocycles. The van der Waals surface area contributed by atoms with E-state index in [1.165, 1.54) is 13.2 Å². The van der Waals surface area contributed by atoms with Gasteiger partial charge in [0.2, 0.25) is 5.43 Å². The van der Waals surface area contributed by atoms with Crippen LogP contribution in [0.15, 0.2) is 41.3 Å². The van der Waals surface area contributed by atoms with Crippen molar-refractivity contribution in [2.24, 2.45) is 5.92 Å².